The zero-order valence-corrected chi connectivity index (χ0v) is 24.2. The third-order valence-corrected chi connectivity index (χ3v) is 9.79. The maximum absolute atomic E-state index is 14.6. The first kappa shape index (κ1) is 28.2. The lowest BCUT2D eigenvalue weighted by Gasteiger charge is -2.41. The molecule has 1 aliphatic carbocycles. The molecule has 1 aromatic carbocycles. The molecule has 1 unspecified atom stereocenters. The number of fused-ring (bicyclic) bond motifs is 2. The molecule has 1 N–H and O–H groups in total. The molecule has 2 saturated heterocycles. The van der Waals surface area contributed by atoms with Gasteiger partial charge < -0.3 is 24.5 Å². The lowest BCUT2D eigenvalue weighted by atomic mass is 9.77. The molecule has 3 amide bonds. The molecule has 0 aromatic heterocycles. The minimum absolute atomic E-state index is 0.117. The highest BCUT2D eigenvalue weighted by Gasteiger charge is 2.72. The molecule has 8 nitrogen and oxygen atoms in total. The van der Waals surface area contributed by atoms with E-state index >= 15 is 0 Å². The molecule has 1 saturated carbocycles. The molecule has 5 aliphatic rings. The van der Waals surface area contributed by atoms with E-state index in [4.69, 9.17) is 4.74 Å². The third-order valence-electron chi connectivity index (χ3n) is 9.79. The number of aliphatic hydroxyl groups excluding tert-OH is 1. The highest BCUT2D eigenvalue weighted by molar-refractivity contribution is 6.00. The van der Waals surface area contributed by atoms with E-state index in [-0.39, 0.29) is 36.3 Å². The van der Waals surface area contributed by atoms with Gasteiger partial charge in [-0.1, -0.05) is 87.7 Å². The normalized spacial score (nSPS) is 32.7. The number of carbonyl (C=O) groups is 3. The minimum Gasteiger partial charge on any atom is -0.394 e. The van der Waals surface area contributed by atoms with Gasteiger partial charge in [0.15, 0.2) is 0 Å². The summed E-state index contributed by atoms with van der Waals surface area (Å²) < 4.78 is 6.80. The monoisotopic (exact) mass is 561 g/mol. The highest BCUT2D eigenvalue weighted by atomic mass is 16.5. The molecule has 1 spiro atoms. The molecular weight excluding hydrogens is 518 g/mol. The Morgan fingerprint density at radius 3 is 2.44 bits per heavy atom. The summed E-state index contributed by atoms with van der Waals surface area (Å²) in [6, 6.07) is 8.53. The van der Waals surface area contributed by atoms with E-state index in [9.17, 15) is 19.5 Å². The van der Waals surface area contributed by atoms with Crippen LogP contribution in [-0.2, 0) is 25.7 Å². The van der Waals surface area contributed by atoms with Crippen LogP contribution in [0.15, 0.2) is 54.6 Å². The van der Waals surface area contributed by atoms with E-state index in [1.54, 1.807) is 9.80 Å². The Kier molecular flexibility index (Phi) is 7.81. The van der Waals surface area contributed by atoms with Crippen molar-refractivity contribution in [3.8, 4) is 0 Å². The standard InChI is InChI=1S/C33H43N3O5/c1-22(2)19-25(21-37)36-29-32(40)35(24-13-7-4-8-14-24)18-10-16-33(29)28(31(36)39)27-26(41-33)15-9-17-34(30(27)38)20-23-11-5-3-6-12-23/h3,5-6,9-12,15-16,22,24-29,37H,4,7-8,13-14,17-21H2,1-2H3/t25-,26+,27-,28+,29?,33+/m1/s1. The minimum atomic E-state index is -1.26. The lowest BCUT2D eigenvalue weighted by Crippen LogP contribution is -2.59. The topological polar surface area (TPSA) is 90.4 Å². The lowest BCUT2D eigenvalue weighted by molar-refractivity contribution is -0.153. The summed E-state index contributed by atoms with van der Waals surface area (Å²) in [4.78, 5) is 48.8. The Morgan fingerprint density at radius 2 is 1.73 bits per heavy atom. The van der Waals surface area contributed by atoms with Crippen molar-refractivity contribution in [1.29, 1.82) is 0 Å². The summed E-state index contributed by atoms with van der Waals surface area (Å²) in [6.07, 6.45) is 13.0. The van der Waals surface area contributed by atoms with Gasteiger partial charge in [0.2, 0.25) is 17.7 Å². The van der Waals surface area contributed by atoms with E-state index in [1.165, 1.54) is 6.42 Å². The number of benzene rings is 1. The van der Waals surface area contributed by atoms with Gasteiger partial charge in [0.1, 0.15) is 11.6 Å². The summed E-state index contributed by atoms with van der Waals surface area (Å²) in [5.74, 6) is -1.87. The van der Waals surface area contributed by atoms with Crippen LogP contribution in [-0.4, -0.2) is 87.1 Å². The number of rotatable bonds is 7. The predicted octanol–water partition coefficient (Wildman–Crippen LogP) is 3.30. The van der Waals surface area contributed by atoms with Gasteiger partial charge in [0.25, 0.3) is 0 Å². The number of aliphatic hydroxyl groups is 1. The first-order chi connectivity index (χ1) is 19.9. The van der Waals surface area contributed by atoms with E-state index in [0.29, 0.717) is 26.1 Å². The molecular formula is C33H43N3O5. The highest BCUT2D eigenvalue weighted by Crippen LogP contribution is 2.54. The zero-order valence-electron chi connectivity index (χ0n) is 24.2. The van der Waals surface area contributed by atoms with Crippen LogP contribution in [0, 0.1) is 17.8 Å². The first-order valence-electron chi connectivity index (χ1n) is 15.4. The largest absolute Gasteiger partial charge is 0.394 e. The Labute approximate surface area is 243 Å². The maximum atomic E-state index is 14.6. The number of amides is 3. The van der Waals surface area contributed by atoms with E-state index in [0.717, 1.165) is 31.2 Å². The fraction of sp³-hybridized carbons (Fsp3) is 0.606. The molecule has 6 atom stereocenters. The average Bonchev–Trinajstić information content (AvgIpc) is 3.30. The predicted molar refractivity (Wildman–Crippen MR) is 154 cm³/mol. The average molecular weight is 562 g/mol. The van der Waals surface area contributed by atoms with Gasteiger partial charge >= 0.3 is 0 Å². The van der Waals surface area contributed by atoms with Crippen LogP contribution < -0.4 is 0 Å². The van der Waals surface area contributed by atoms with Crippen LogP contribution in [0.3, 0.4) is 0 Å². The summed E-state index contributed by atoms with van der Waals surface area (Å²) in [5, 5.41) is 10.5. The van der Waals surface area contributed by atoms with E-state index < -0.39 is 35.6 Å². The van der Waals surface area contributed by atoms with Crippen LogP contribution >= 0.6 is 0 Å². The molecule has 220 valence electrons. The Bertz CT molecular complexity index is 1210. The number of ether oxygens (including phenoxy) is 1. The van der Waals surface area contributed by atoms with Crippen molar-refractivity contribution in [3.05, 3.63) is 60.2 Å². The maximum Gasteiger partial charge on any atom is 0.249 e. The number of hydrogen-bond acceptors (Lipinski definition) is 5. The van der Waals surface area contributed by atoms with Crippen molar-refractivity contribution in [2.24, 2.45) is 17.8 Å². The molecule has 6 rings (SSSR count). The van der Waals surface area contributed by atoms with Gasteiger partial charge in [-0.15, -0.1) is 0 Å². The first-order valence-corrected chi connectivity index (χ1v) is 15.4. The fourth-order valence-corrected chi connectivity index (χ4v) is 8.03. The van der Waals surface area contributed by atoms with Crippen molar-refractivity contribution < 1.29 is 24.2 Å². The van der Waals surface area contributed by atoms with Gasteiger partial charge in [-0.2, -0.15) is 0 Å². The van der Waals surface area contributed by atoms with Crippen LogP contribution in [0.1, 0.15) is 57.9 Å². The molecule has 4 heterocycles. The number of likely N-dealkylation sites (tertiary alicyclic amines) is 1. The van der Waals surface area contributed by atoms with E-state index in [2.05, 4.69) is 13.8 Å². The number of carbonyl (C=O) groups excluding carboxylic acids is 3. The summed E-state index contributed by atoms with van der Waals surface area (Å²) >= 11 is 0. The van der Waals surface area contributed by atoms with Crippen LogP contribution in [0.25, 0.3) is 0 Å². The van der Waals surface area contributed by atoms with Crippen LogP contribution in [0.5, 0.6) is 0 Å². The molecule has 0 bridgehead atoms. The van der Waals surface area contributed by atoms with Crippen molar-refractivity contribution >= 4 is 17.7 Å². The number of hydrogen-bond donors (Lipinski definition) is 1. The second-order valence-corrected chi connectivity index (χ2v) is 12.9. The van der Waals surface area contributed by atoms with E-state index in [1.807, 2.05) is 59.5 Å². The fourth-order valence-electron chi connectivity index (χ4n) is 8.03. The van der Waals surface area contributed by atoms with Gasteiger partial charge in [0, 0.05) is 25.7 Å². The summed E-state index contributed by atoms with van der Waals surface area (Å²) in [6.45, 7) is 5.19. The Hall–Kier alpha value is -2.97. The third kappa shape index (κ3) is 4.83. The SMILES string of the molecule is CC(C)C[C@H](CO)N1C(=O)[C@@H]2[C@@H]3C(=O)N(Cc4ccccc4)CC=C[C@@H]3O[C@@]23C=CCN(C2CCCCC2)C(=O)C13. The Morgan fingerprint density at radius 1 is 0.976 bits per heavy atom. The van der Waals surface area contributed by atoms with Gasteiger partial charge in [-0.05, 0) is 30.7 Å². The summed E-state index contributed by atoms with van der Waals surface area (Å²) in [7, 11) is 0. The smallest absolute Gasteiger partial charge is 0.249 e. The molecule has 3 fully saturated rings. The quantitative estimate of drug-likeness (QED) is 0.516. The zero-order chi connectivity index (χ0) is 28.7. The van der Waals surface area contributed by atoms with Crippen molar-refractivity contribution in [1.82, 2.24) is 14.7 Å². The molecule has 1 aromatic rings. The second-order valence-electron chi connectivity index (χ2n) is 12.9. The van der Waals surface area contributed by atoms with Gasteiger partial charge in [-0.25, -0.2) is 0 Å². The molecule has 4 aliphatic heterocycles. The molecule has 0 radical (unpaired) electrons. The van der Waals surface area contributed by atoms with Gasteiger partial charge in [-0.3, -0.25) is 14.4 Å². The number of nitrogens with zero attached hydrogens (tertiary/aromatic N) is 3. The summed E-state index contributed by atoms with van der Waals surface area (Å²) in [5.41, 5.74) is -0.240. The van der Waals surface area contributed by atoms with Crippen molar-refractivity contribution in [2.45, 2.75) is 88.7 Å². The molecule has 8 heteroatoms. The second kappa shape index (κ2) is 11.4. The van der Waals surface area contributed by atoms with Crippen molar-refractivity contribution in [3.63, 3.8) is 0 Å². The van der Waals surface area contributed by atoms with Crippen LogP contribution in [0.2, 0.25) is 0 Å². The Balaban J connectivity index is 1.40. The van der Waals surface area contributed by atoms with Crippen LogP contribution in [0.4, 0.5) is 0 Å². The van der Waals surface area contributed by atoms with Gasteiger partial charge in [0.05, 0.1) is 30.6 Å². The molecule has 41 heavy (non-hydrogen) atoms. The van der Waals surface area contributed by atoms with Crippen molar-refractivity contribution in [2.75, 3.05) is 19.7 Å².